The molecule has 3 nitrogen and oxygen atoms in total. The van der Waals surface area contributed by atoms with Crippen LogP contribution in [0.1, 0.15) is 33.4 Å². The van der Waals surface area contributed by atoms with Gasteiger partial charge in [-0.15, -0.1) is 0 Å². The summed E-state index contributed by atoms with van der Waals surface area (Å²) in [6.07, 6.45) is -10.1. The Bertz CT molecular complexity index is 2710. The van der Waals surface area contributed by atoms with Crippen LogP contribution >= 0.6 is 0 Å². The first-order valence-electron chi connectivity index (χ1n) is 16.5. The quantitative estimate of drug-likeness (QED) is 0.129. The monoisotopic (exact) mass is 701 g/mol. The average molecular weight is 702 g/mol. The summed E-state index contributed by atoms with van der Waals surface area (Å²) in [7, 11) is 0. The van der Waals surface area contributed by atoms with Crippen molar-refractivity contribution in [3.8, 4) is 22.5 Å². The molecule has 6 aromatic carbocycles. The molecule has 0 amide bonds. The number of benzene rings is 6. The highest BCUT2D eigenvalue weighted by atomic mass is 19.4. The topological polar surface area (TPSA) is 14.2 Å². The van der Waals surface area contributed by atoms with Crippen molar-refractivity contribution in [3.63, 3.8) is 0 Å². The molecule has 0 spiro atoms. The van der Waals surface area contributed by atoms with Crippen molar-refractivity contribution in [2.75, 3.05) is 0 Å². The molecule has 0 unspecified atom stereocenters. The van der Waals surface area contributed by atoms with Crippen LogP contribution in [0.4, 0.5) is 32.0 Å². The molecule has 0 aliphatic carbocycles. The lowest BCUT2D eigenvalue weighted by atomic mass is 9.94. The van der Waals surface area contributed by atoms with Crippen molar-refractivity contribution in [2.24, 2.45) is 0 Å². The van der Waals surface area contributed by atoms with Crippen LogP contribution in [0.15, 0.2) is 103 Å². The number of hydrogen-bond donors (Lipinski definition) is 0. The number of nitrogens with zero attached hydrogens (tertiary/aromatic N) is 3. The lowest BCUT2D eigenvalue weighted by Crippen LogP contribution is -2.12. The maximum atomic E-state index is 14.7. The number of hydrogen-bond acceptors (Lipinski definition) is 0. The van der Waals surface area contributed by atoms with E-state index in [1.54, 1.807) is 6.07 Å². The third-order valence-corrected chi connectivity index (χ3v) is 9.79. The molecule has 0 N–H and O–H groups in total. The molecule has 258 valence electrons. The lowest BCUT2D eigenvalue weighted by molar-refractivity contribution is -0.142. The van der Waals surface area contributed by atoms with Crippen molar-refractivity contribution in [1.82, 2.24) is 9.13 Å². The maximum Gasteiger partial charge on any atom is 0.416 e. The van der Waals surface area contributed by atoms with Crippen molar-refractivity contribution >= 4 is 49.3 Å². The fraction of sp³-hybridized carbons (Fsp3) is 0.140. The van der Waals surface area contributed by atoms with Gasteiger partial charge in [-0.3, -0.25) is 0 Å². The fourth-order valence-electron chi connectivity index (χ4n) is 7.42. The van der Waals surface area contributed by atoms with Gasteiger partial charge in [0.25, 0.3) is 0 Å². The van der Waals surface area contributed by atoms with E-state index in [2.05, 4.69) is 4.85 Å². The summed E-state index contributed by atoms with van der Waals surface area (Å²) >= 11 is 0. The van der Waals surface area contributed by atoms with Crippen molar-refractivity contribution < 1.29 is 26.3 Å². The predicted octanol–water partition coefficient (Wildman–Crippen LogP) is 13.4. The Balaban J connectivity index is 1.60. The largest absolute Gasteiger partial charge is 0.416 e. The fourth-order valence-corrected chi connectivity index (χ4v) is 7.42. The zero-order valence-corrected chi connectivity index (χ0v) is 28.4. The van der Waals surface area contributed by atoms with Crippen molar-refractivity contribution in [3.05, 3.63) is 148 Å². The second kappa shape index (κ2) is 11.5. The minimum Gasteiger partial charge on any atom is -0.308 e. The molecule has 8 aromatic rings. The van der Waals surface area contributed by atoms with Gasteiger partial charge in [0.15, 0.2) is 5.69 Å². The minimum absolute atomic E-state index is 0.127. The van der Waals surface area contributed by atoms with Gasteiger partial charge >= 0.3 is 12.4 Å². The van der Waals surface area contributed by atoms with E-state index in [0.717, 1.165) is 71.9 Å². The summed E-state index contributed by atoms with van der Waals surface area (Å²) in [5.74, 6) is 0. The maximum absolute atomic E-state index is 14.7. The Morgan fingerprint density at radius 2 is 0.865 bits per heavy atom. The summed E-state index contributed by atoms with van der Waals surface area (Å²) < 4.78 is 89.4. The van der Waals surface area contributed by atoms with Crippen LogP contribution in [-0.4, -0.2) is 9.13 Å². The van der Waals surface area contributed by atoms with Crippen LogP contribution in [0.3, 0.4) is 0 Å². The Hall–Kier alpha value is -6.01. The molecular weight excluding hydrogens is 672 g/mol. The first-order valence-corrected chi connectivity index (χ1v) is 16.5. The van der Waals surface area contributed by atoms with Crippen molar-refractivity contribution in [2.45, 2.75) is 40.0 Å². The van der Waals surface area contributed by atoms with Crippen molar-refractivity contribution in [1.29, 1.82) is 0 Å². The van der Waals surface area contributed by atoms with E-state index in [9.17, 15) is 26.3 Å². The lowest BCUT2D eigenvalue weighted by Gasteiger charge is -2.22. The smallest absolute Gasteiger partial charge is 0.308 e. The molecule has 0 bridgehead atoms. The van der Waals surface area contributed by atoms with E-state index in [1.165, 1.54) is 6.07 Å². The molecule has 0 fully saturated rings. The third kappa shape index (κ3) is 5.20. The van der Waals surface area contributed by atoms with Gasteiger partial charge in [-0.25, -0.2) is 4.85 Å². The highest BCUT2D eigenvalue weighted by Crippen LogP contribution is 2.47. The molecule has 0 atom stereocenters. The summed E-state index contributed by atoms with van der Waals surface area (Å²) in [5, 5.41) is 3.75. The molecule has 0 aliphatic heterocycles. The number of aryl methyl sites for hydroxylation is 4. The van der Waals surface area contributed by atoms with E-state index in [-0.39, 0.29) is 17.3 Å². The van der Waals surface area contributed by atoms with Crippen LogP contribution in [0.5, 0.6) is 0 Å². The predicted molar refractivity (Wildman–Crippen MR) is 196 cm³/mol. The van der Waals surface area contributed by atoms with Gasteiger partial charge in [0.2, 0.25) is 0 Å². The second-order valence-corrected chi connectivity index (χ2v) is 13.5. The molecule has 2 heterocycles. The molecule has 0 saturated carbocycles. The standard InChI is InChI=1S/C43H29F6N3/c1-23-6-11-29-30-12-7-24(2)17-37(30)51(36(29)16-23)40-21-33(28-15-10-27(42(44,45)46)20-34(28)43(47,48)49)35(50-5)22-41(40)52-38-18-25(3)8-13-31(38)32-14-9-26(4)19-39(32)52/h6-22H,1-4H3. The number of fused-ring (bicyclic) bond motifs is 6. The zero-order chi connectivity index (χ0) is 36.9. The van der Waals surface area contributed by atoms with Crippen LogP contribution < -0.4 is 0 Å². The van der Waals surface area contributed by atoms with E-state index in [1.807, 2.05) is 110 Å². The Morgan fingerprint density at radius 1 is 0.462 bits per heavy atom. The van der Waals surface area contributed by atoms with Gasteiger partial charge in [0, 0.05) is 21.5 Å². The summed E-state index contributed by atoms with van der Waals surface area (Å²) in [6, 6.07) is 28.9. The molecule has 0 saturated heterocycles. The second-order valence-electron chi connectivity index (χ2n) is 13.5. The van der Waals surface area contributed by atoms with E-state index >= 15 is 0 Å². The van der Waals surface area contributed by atoms with Gasteiger partial charge in [-0.2, -0.15) is 26.3 Å². The highest BCUT2D eigenvalue weighted by molar-refractivity contribution is 6.12. The first kappa shape index (κ1) is 33.2. The molecule has 8 rings (SSSR count). The number of aromatic nitrogens is 2. The summed E-state index contributed by atoms with van der Waals surface area (Å²) in [6.45, 7) is 16.1. The number of rotatable bonds is 3. The normalized spacial score (nSPS) is 12.4. The van der Waals surface area contributed by atoms with Gasteiger partial charge in [0.1, 0.15) is 0 Å². The average Bonchev–Trinajstić information content (AvgIpc) is 3.56. The summed E-state index contributed by atoms with van der Waals surface area (Å²) in [4.78, 5) is 3.72. The highest BCUT2D eigenvalue weighted by Gasteiger charge is 2.39. The zero-order valence-electron chi connectivity index (χ0n) is 28.4. The SMILES string of the molecule is [C-]#[N+]c1cc(-n2c3cc(C)ccc3c3ccc(C)cc32)c(-n2c3cc(C)ccc3c3ccc(C)cc32)cc1-c1ccc(C(F)(F)F)cc1C(F)(F)F. The van der Waals surface area contributed by atoms with Gasteiger partial charge in [-0.1, -0.05) is 54.6 Å². The molecule has 0 aliphatic rings. The van der Waals surface area contributed by atoms with Crippen LogP contribution in [0.2, 0.25) is 0 Å². The Kier molecular flexibility index (Phi) is 7.33. The first-order chi connectivity index (χ1) is 24.6. The van der Waals surface area contributed by atoms with Crippen LogP contribution in [0.25, 0.3) is 71.0 Å². The van der Waals surface area contributed by atoms with Gasteiger partial charge in [-0.05, 0) is 110 Å². The third-order valence-electron chi connectivity index (χ3n) is 9.79. The molecular formula is C43H29F6N3. The number of halogens is 6. The van der Waals surface area contributed by atoms with E-state index < -0.39 is 29.0 Å². The molecule has 0 radical (unpaired) electrons. The Labute approximate surface area is 294 Å². The van der Waals surface area contributed by atoms with Crippen LogP contribution in [-0.2, 0) is 12.4 Å². The van der Waals surface area contributed by atoms with E-state index in [0.29, 0.717) is 17.4 Å². The molecule has 2 aromatic heterocycles. The van der Waals surface area contributed by atoms with Crippen LogP contribution in [0, 0.1) is 34.3 Å². The summed E-state index contributed by atoms with van der Waals surface area (Å²) in [5.41, 5.74) is 4.48. The van der Waals surface area contributed by atoms with E-state index in [4.69, 9.17) is 6.57 Å². The van der Waals surface area contributed by atoms with Gasteiger partial charge in [0.05, 0.1) is 51.1 Å². The minimum atomic E-state index is -5.14. The molecule has 52 heavy (non-hydrogen) atoms. The Morgan fingerprint density at radius 3 is 1.23 bits per heavy atom. The van der Waals surface area contributed by atoms with Gasteiger partial charge < -0.3 is 9.13 Å². The number of alkyl halides is 6. The molecule has 9 heteroatoms.